The van der Waals surface area contributed by atoms with Crippen molar-refractivity contribution < 1.29 is 37.3 Å². The minimum absolute atomic E-state index is 0.0271. The monoisotopic (exact) mass is 354 g/mol. The van der Waals surface area contributed by atoms with Crippen molar-refractivity contribution in [3.63, 3.8) is 0 Å². The summed E-state index contributed by atoms with van der Waals surface area (Å²) in [4.78, 5) is 15.0. The summed E-state index contributed by atoms with van der Waals surface area (Å²) in [6.45, 7) is 3.50. The molecule has 25 heavy (non-hydrogen) atoms. The number of carbonyl (C=O) groups excluding carboxylic acids is 1. The number of benzene rings is 1. The maximum absolute atomic E-state index is 12.3. The van der Waals surface area contributed by atoms with Crippen molar-refractivity contribution in [1.29, 1.82) is 0 Å². The molecule has 0 saturated carbocycles. The first-order valence-electron chi connectivity index (χ1n) is 6.69. The summed E-state index contributed by atoms with van der Waals surface area (Å²) in [6.07, 6.45) is -2.47. The highest BCUT2D eigenvalue weighted by atomic mass is 19.4. The summed E-state index contributed by atoms with van der Waals surface area (Å²) in [5.41, 5.74) is -0.0146. The highest BCUT2D eigenvalue weighted by Gasteiger charge is 2.31. The average Bonchev–Trinajstić information content (AvgIpc) is 2.54. The van der Waals surface area contributed by atoms with Gasteiger partial charge in [0, 0.05) is 18.3 Å². The predicted molar refractivity (Wildman–Crippen MR) is 78.4 cm³/mol. The third-order valence-electron chi connectivity index (χ3n) is 2.90. The van der Waals surface area contributed by atoms with Gasteiger partial charge < -0.3 is 24.1 Å². The second-order valence-corrected chi connectivity index (χ2v) is 4.56. The van der Waals surface area contributed by atoms with Crippen molar-refractivity contribution >= 4 is 12.0 Å². The summed E-state index contributed by atoms with van der Waals surface area (Å²) >= 11 is 0. The van der Waals surface area contributed by atoms with Crippen LogP contribution in [0.25, 0.3) is 6.08 Å². The van der Waals surface area contributed by atoms with Gasteiger partial charge in [0.15, 0.2) is 11.5 Å². The van der Waals surface area contributed by atoms with Crippen molar-refractivity contribution in [2.45, 2.75) is 6.36 Å². The lowest BCUT2D eigenvalue weighted by Crippen LogP contribution is -2.23. The van der Waals surface area contributed by atoms with E-state index >= 15 is 0 Å². The number of methoxy groups -OCH3 is 1. The number of rotatable bonds is 6. The van der Waals surface area contributed by atoms with E-state index in [1.54, 1.807) is 0 Å². The minimum atomic E-state index is -4.86. The number of carbonyl (C=O) groups is 1. The molecule has 1 heterocycles. The number of aromatic nitrogens is 1. The first kappa shape index (κ1) is 18.1. The Morgan fingerprint density at radius 3 is 2.52 bits per heavy atom. The second kappa shape index (κ2) is 7.12. The van der Waals surface area contributed by atoms with E-state index in [0.717, 1.165) is 24.4 Å². The Kier molecular flexibility index (Phi) is 5.16. The average molecular weight is 354 g/mol. The lowest BCUT2D eigenvalue weighted by atomic mass is 10.2. The normalized spacial score (nSPS) is 10.9. The van der Waals surface area contributed by atoms with Gasteiger partial charge in [-0.15, -0.1) is 13.2 Å². The maximum Gasteiger partial charge on any atom is 0.573 e. The lowest BCUT2D eigenvalue weighted by Gasteiger charge is -2.16. The third-order valence-corrected chi connectivity index (χ3v) is 2.90. The number of pyridine rings is 1. The van der Waals surface area contributed by atoms with Crippen LogP contribution in [0.5, 0.6) is 23.0 Å². The Bertz CT molecular complexity index is 805. The zero-order valence-corrected chi connectivity index (χ0v) is 12.8. The number of aromatic carboxylic acids is 1. The van der Waals surface area contributed by atoms with E-state index in [-0.39, 0.29) is 22.8 Å². The Morgan fingerprint density at radius 1 is 1.24 bits per heavy atom. The van der Waals surface area contributed by atoms with Crippen molar-refractivity contribution in [3.05, 3.63) is 48.3 Å². The van der Waals surface area contributed by atoms with E-state index in [4.69, 9.17) is 9.47 Å². The molecule has 0 unspecified atom stereocenters. The molecule has 0 aliphatic heterocycles. The van der Waals surface area contributed by atoms with E-state index < -0.39 is 18.1 Å². The number of carboxylic acids is 1. The molecule has 0 saturated heterocycles. The topological polar surface area (TPSA) is 80.7 Å². The molecule has 0 N–H and O–H groups in total. The van der Waals surface area contributed by atoms with Gasteiger partial charge in [0.05, 0.1) is 24.3 Å². The Morgan fingerprint density at radius 2 is 1.96 bits per heavy atom. The number of hydrogen-bond acceptors (Lipinski definition) is 6. The van der Waals surface area contributed by atoms with Crippen LogP contribution < -0.4 is 19.3 Å². The molecular weight excluding hydrogens is 343 g/mol. The standard InChI is InChI=1S/C16H12F3NO5/c1-3-9-6-13(11(8-20-9)15(21)22)24-12-5-4-10(7-14(12)23-2)25-16(17,18)19/h3-8H,1H2,2H3,(H,21,22)/p-1. The van der Waals surface area contributed by atoms with E-state index in [1.165, 1.54) is 19.3 Å². The van der Waals surface area contributed by atoms with Crippen LogP contribution in [-0.2, 0) is 0 Å². The molecule has 0 bridgehead atoms. The van der Waals surface area contributed by atoms with Gasteiger partial charge in [-0.25, -0.2) is 0 Å². The van der Waals surface area contributed by atoms with Crippen LogP contribution in [0.1, 0.15) is 16.1 Å². The number of halogens is 3. The second-order valence-electron chi connectivity index (χ2n) is 4.56. The largest absolute Gasteiger partial charge is 0.573 e. The first-order valence-corrected chi connectivity index (χ1v) is 6.69. The fourth-order valence-corrected chi connectivity index (χ4v) is 1.85. The molecule has 0 amide bonds. The van der Waals surface area contributed by atoms with Gasteiger partial charge in [-0.1, -0.05) is 6.58 Å². The van der Waals surface area contributed by atoms with Gasteiger partial charge in [0.25, 0.3) is 0 Å². The molecule has 0 radical (unpaired) electrons. The van der Waals surface area contributed by atoms with Gasteiger partial charge in [-0.2, -0.15) is 0 Å². The van der Waals surface area contributed by atoms with Gasteiger partial charge in [-0.3, -0.25) is 4.98 Å². The van der Waals surface area contributed by atoms with Gasteiger partial charge in [0.1, 0.15) is 11.5 Å². The SMILES string of the molecule is C=Cc1cc(Oc2ccc(OC(F)(F)F)cc2OC)c(C(=O)[O-])cn1. The molecule has 2 rings (SSSR count). The number of carboxylic acid groups (broad SMARTS) is 1. The van der Waals surface area contributed by atoms with Crippen LogP contribution >= 0.6 is 0 Å². The molecule has 1 aromatic heterocycles. The zero-order chi connectivity index (χ0) is 18.6. The summed E-state index contributed by atoms with van der Waals surface area (Å²) in [5, 5.41) is 11.1. The number of ether oxygens (including phenoxy) is 3. The number of hydrogen-bond donors (Lipinski definition) is 0. The molecule has 132 valence electrons. The summed E-state index contributed by atoms with van der Waals surface area (Å²) < 4.78 is 51.0. The summed E-state index contributed by atoms with van der Waals surface area (Å²) in [7, 11) is 1.21. The quantitative estimate of drug-likeness (QED) is 0.794. The lowest BCUT2D eigenvalue weighted by molar-refractivity contribution is -0.274. The smallest absolute Gasteiger partial charge is 0.545 e. The van der Waals surface area contributed by atoms with Crippen LogP contribution in [0, 0.1) is 0 Å². The fraction of sp³-hybridized carbons (Fsp3) is 0.125. The highest BCUT2D eigenvalue weighted by molar-refractivity contribution is 5.89. The Hall–Kier alpha value is -3.23. The Labute approximate surface area is 140 Å². The van der Waals surface area contributed by atoms with Gasteiger partial charge in [0.2, 0.25) is 0 Å². The minimum Gasteiger partial charge on any atom is -0.545 e. The van der Waals surface area contributed by atoms with Crippen molar-refractivity contribution in [1.82, 2.24) is 4.98 Å². The molecule has 2 aromatic rings. The highest BCUT2D eigenvalue weighted by Crippen LogP contribution is 2.37. The molecule has 0 atom stereocenters. The molecule has 1 aromatic carbocycles. The van der Waals surface area contributed by atoms with Crippen LogP contribution in [0.3, 0.4) is 0 Å². The third kappa shape index (κ3) is 4.63. The molecule has 0 aliphatic carbocycles. The molecule has 9 heteroatoms. The van der Waals surface area contributed by atoms with E-state index in [1.807, 2.05) is 0 Å². The number of alkyl halides is 3. The van der Waals surface area contributed by atoms with Crippen LogP contribution in [-0.4, -0.2) is 24.4 Å². The molecule has 0 spiro atoms. The fourth-order valence-electron chi connectivity index (χ4n) is 1.85. The summed E-state index contributed by atoms with van der Waals surface area (Å²) in [5.74, 6) is -2.30. The van der Waals surface area contributed by atoms with E-state index in [2.05, 4.69) is 16.3 Å². The van der Waals surface area contributed by atoms with E-state index in [9.17, 15) is 23.1 Å². The molecule has 0 fully saturated rings. The van der Waals surface area contributed by atoms with Gasteiger partial charge in [-0.05, 0) is 18.2 Å². The number of nitrogens with zero attached hydrogens (tertiary/aromatic N) is 1. The molecular formula is C16H11F3NO5-. The van der Waals surface area contributed by atoms with Gasteiger partial charge >= 0.3 is 6.36 Å². The van der Waals surface area contributed by atoms with Crippen molar-refractivity contribution in [3.8, 4) is 23.0 Å². The molecule has 6 nitrogen and oxygen atoms in total. The maximum atomic E-state index is 12.3. The Balaban J connectivity index is 2.40. The molecule has 0 aliphatic rings. The van der Waals surface area contributed by atoms with Crippen LogP contribution in [0.4, 0.5) is 13.2 Å². The van der Waals surface area contributed by atoms with Crippen LogP contribution in [0.2, 0.25) is 0 Å². The summed E-state index contributed by atoms with van der Waals surface area (Å²) in [6, 6.07) is 4.39. The van der Waals surface area contributed by atoms with Crippen molar-refractivity contribution in [2.24, 2.45) is 0 Å². The first-order chi connectivity index (χ1) is 11.7. The van der Waals surface area contributed by atoms with Crippen LogP contribution in [0.15, 0.2) is 37.0 Å². The van der Waals surface area contributed by atoms with Crippen molar-refractivity contribution in [2.75, 3.05) is 7.11 Å². The predicted octanol–water partition coefficient (Wildman–Crippen LogP) is 2.79. The van der Waals surface area contributed by atoms with E-state index in [0.29, 0.717) is 5.69 Å². The zero-order valence-electron chi connectivity index (χ0n) is 12.8.